The van der Waals surface area contributed by atoms with Crippen LogP contribution in [0.15, 0.2) is 0 Å². The molecule has 5 heteroatoms. The Hall–Kier alpha value is -1.26. The summed E-state index contributed by atoms with van der Waals surface area (Å²) in [6, 6.07) is -0.0833. The smallest absolute Gasteiger partial charge is 0.317 e. The van der Waals surface area contributed by atoms with E-state index in [0.717, 1.165) is 6.42 Å². The van der Waals surface area contributed by atoms with Crippen molar-refractivity contribution >= 4 is 12.0 Å². The highest BCUT2D eigenvalue weighted by Gasteiger charge is 2.18. The molecule has 0 saturated carbocycles. The molecule has 0 aliphatic rings. The third kappa shape index (κ3) is 7.14. The van der Waals surface area contributed by atoms with Gasteiger partial charge in [0.15, 0.2) is 0 Å². The number of hydrogen-bond acceptors (Lipinski definition) is 2. The summed E-state index contributed by atoms with van der Waals surface area (Å²) in [6.07, 6.45) is 1.48. The zero-order chi connectivity index (χ0) is 14.3. The third-order valence-electron chi connectivity index (χ3n) is 2.96. The predicted octanol–water partition coefficient (Wildman–Crippen LogP) is 2.32. The van der Waals surface area contributed by atoms with Gasteiger partial charge in [0.25, 0.3) is 0 Å². The number of rotatable bonds is 7. The number of hydrogen-bond donors (Lipinski definition) is 2. The van der Waals surface area contributed by atoms with E-state index in [1.54, 1.807) is 11.9 Å². The maximum Gasteiger partial charge on any atom is 0.317 e. The molecule has 0 fully saturated rings. The molecule has 2 atom stereocenters. The van der Waals surface area contributed by atoms with Crippen LogP contribution < -0.4 is 5.32 Å². The van der Waals surface area contributed by atoms with Crippen LogP contribution in [0.25, 0.3) is 0 Å². The summed E-state index contributed by atoms with van der Waals surface area (Å²) in [5, 5.41) is 11.4. The number of nitrogens with one attached hydrogen (secondary N) is 1. The molecule has 0 aromatic rings. The predicted molar refractivity (Wildman–Crippen MR) is 71.5 cm³/mol. The molecule has 0 aliphatic heterocycles. The molecular formula is C13H26N2O3. The summed E-state index contributed by atoms with van der Waals surface area (Å²) in [5.41, 5.74) is 0. The average Bonchev–Trinajstić information content (AvgIpc) is 2.24. The molecule has 18 heavy (non-hydrogen) atoms. The van der Waals surface area contributed by atoms with Gasteiger partial charge in [-0.1, -0.05) is 13.8 Å². The summed E-state index contributed by atoms with van der Waals surface area (Å²) in [5.74, 6) is -0.294. The van der Waals surface area contributed by atoms with E-state index in [1.807, 2.05) is 13.8 Å². The Labute approximate surface area is 110 Å². The Kier molecular flexibility index (Phi) is 7.39. The van der Waals surface area contributed by atoms with Gasteiger partial charge in [0.05, 0.1) is 0 Å². The summed E-state index contributed by atoms with van der Waals surface area (Å²) < 4.78 is 0. The van der Waals surface area contributed by atoms with E-state index in [1.165, 1.54) is 0 Å². The third-order valence-corrected chi connectivity index (χ3v) is 2.96. The highest BCUT2D eigenvalue weighted by atomic mass is 16.4. The van der Waals surface area contributed by atoms with Crippen LogP contribution in [-0.4, -0.2) is 41.1 Å². The maximum absolute atomic E-state index is 11.9. The topological polar surface area (TPSA) is 69.6 Å². The van der Waals surface area contributed by atoms with Crippen molar-refractivity contribution < 1.29 is 14.7 Å². The number of carboxylic acids is 1. The molecule has 0 rings (SSSR count). The molecule has 2 unspecified atom stereocenters. The number of carboxylic acid groups (broad SMARTS) is 1. The monoisotopic (exact) mass is 258 g/mol. The van der Waals surface area contributed by atoms with Crippen molar-refractivity contribution in [1.29, 1.82) is 0 Å². The number of urea groups is 1. The van der Waals surface area contributed by atoms with E-state index in [9.17, 15) is 9.59 Å². The normalized spacial score (nSPS) is 14.1. The Bertz CT molecular complexity index is 279. The molecule has 0 spiro atoms. The largest absolute Gasteiger partial charge is 0.481 e. The van der Waals surface area contributed by atoms with E-state index in [2.05, 4.69) is 19.2 Å². The second-order valence-electron chi connectivity index (χ2n) is 5.37. The molecule has 0 heterocycles. The quantitative estimate of drug-likeness (QED) is 0.736. The van der Waals surface area contributed by atoms with Gasteiger partial charge < -0.3 is 15.3 Å². The fourth-order valence-electron chi connectivity index (χ4n) is 1.77. The lowest BCUT2D eigenvalue weighted by molar-refractivity contribution is -0.137. The van der Waals surface area contributed by atoms with E-state index in [0.29, 0.717) is 12.3 Å². The lowest BCUT2D eigenvalue weighted by Crippen LogP contribution is -2.46. The minimum atomic E-state index is -0.836. The minimum Gasteiger partial charge on any atom is -0.481 e. The van der Waals surface area contributed by atoms with Gasteiger partial charge in [-0.3, -0.25) is 4.79 Å². The molecule has 2 N–H and O–H groups in total. The lowest BCUT2D eigenvalue weighted by Gasteiger charge is -2.28. The van der Waals surface area contributed by atoms with Crippen molar-refractivity contribution in [2.24, 2.45) is 5.92 Å². The van der Waals surface area contributed by atoms with Crippen LogP contribution in [0.1, 0.15) is 47.0 Å². The van der Waals surface area contributed by atoms with Crippen molar-refractivity contribution in [2.45, 2.75) is 59.0 Å². The first-order valence-electron chi connectivity index (χ1n) is 6.49. The average molecular weight is 258 g/mol. The van der Waals surface area contributed by atoms with E-state index >= 15 is 0 Å². The molecule has 0 radical (unpaired) electrons. The van der Waals surface area contributed by atoms with Crippen molar-refractivity contribution in [3.8, 4) is 0 Å². The van der Waals surface area contributed by atoms with E-state index in [-0.39, 0.29) is 24.5 Å². The maximum atomic E-state index is 11.9. The van der Waals surface area contributed by atoms with E-state index < -0.39 is 5.97 Å². The Balaban J connectivity index is 4.10. The highest BCUT2D eigenvalue weighted by Crippen LogP contribution is 2.10. The zero-order valence-electron chi connectivity index (χ0n) is 12.1. The minimum absolute atomic E-state index is 0.0761. The molecule has 0 bridgehead atoms. The summed E-state index contributed by atoms with van der Waals surface area (Å²) in [4.78, 5) is 24.0. The standard InChI is InChI=1S/C13H26N2O3/c1-9(2)8-11(4)15(5)13(18)14-10(3)6-7-12(16)17/h9-11H,6-8H2,1-5H3,(H,14,18)(H,16,17). The molecule has 0 aliphatic carbocycles. The molecule has 2 amide bonds. The van der Waals surface area contributed by atoms with Crippen LogP contribution in [0.5, 0.6) is 0 Å². The summed E-state index contributed by atoms with van der Waals surface area (Å²) in [7, 11) is 1.77. The number of carbonyl (C=O) groups is 2. The van der Waals surface area contributed by atoms with Crippen molar-refractivity contribution in [2.75, 3.05) is 7.05 Å². The molecule has 5 nitrogen and oxygen atoms in total. The van der Waals surface area contributed by atoms with Gasteiger partial charge in [-0.15, -0.1) is 0 Å². The molecule has 106 valence electrons. The zero-order valence-corrected chi connectivity index (χ0v) is 12.1. The van der Waals surface area contributed by atoms with E-state index in [4.69, 9.17) is 5.11 Å². The molecule has 0 saturated heterocycles. The van der Waals surface area contributed by atoms with Gasteiger partial charge in [-0.2, -0.15) is 0 Å². The first kappa shape index (κ1) is 16.7. The number of nitrogens with zero attached hydrogens (tertiary/aromatic N) is 1. The first-order valence-corrected chi connectivity index (χ1v) is 6.49. The van der Waals surface area contributed by atoms with Crippen molar-refractivity contribution in [1.82, 2.24) is 10.2 Å². The van der Waals surface area contributed by atoms with Crippen LogP contribution in [-0.2, 0) is 4.79 Å². The van der Waals surface area contributed by atoms with Crippen molar-refractivity contribution in [3.63, 3.8) is 0 Å². The van der Waals surface area contributed by atoms with Gasteiger partial charge in [0.2, 0.25) is 0 Å². The van der Waals surface area contributed by atoms with Gasteiger partial charge >= 0.3 is 12.0 Å². The highest BCUT2D eigenvalue weighted by molar-refractivity contribution is 5.74. The first-order chi connectivity index (χ1) is 8.23. The van der Waals surface area contributed by atoms with Gasteiger partial charge in [-0.25, -0.2) is 4.79 Å². The Morgan fingerprint density at radius 2 is 1.78 bits per heavy atom. The van der Waals surface area contributed by atoms with Crippen LogP contribution in [0, 0.1) is 5.92 Å². The van der Waals surface area contributed by atoms with Crippen LogP contribution in [0.4, 0.5) is 4.79 Å². The molecule has 0 aromatic heterocycles. The van der Waals surface area contributed by atoms with Gasteiger partial charge in [-0.05, 0) is 32.6 Å². The van der Waals surface area contributed by atoms with Gasteiger partial charge in [0.1, 0.15) is 0 Å². The van der Waals surface area contributed by atoms with Crippen LogP contribution in [0.3, 0.4) is 0 Å². The summed E-state index contributed by atoms with van der Waals surface area (Å²) in [6.45, 7) is 8.08. The fraction of sp³-hybridized carbons (Fsp3) is 0.846. The molecule has 0 aromatic carbocycles. The van der Waals surface area contributed by atoms with Crippen LogP contribution >= 0.6 is 0 Å². The fourth-order valence-corrected chi connectivity index (χ4v) is 1.77. The Morgan fingerprint density at radius 3 is 2.22 bits per heavy atom. The number of amides is 2. The van der Waals surface area contributed by atoms with Crippen molar-refractivity contribution in [3.05, 3.63) is 0 Å². The van der Waals surface area contributed by atoms with Crippen LogP contribution in [0.2, 0.25) is 0 Å². The lowest BCUT2D eigenvalue weighted by atomic mass is 10.0. The molecular weight excluding hydrogens is 232 g/mol. The number of carbonyl (C=O) groups excluding carboxylic acids is 1. The Morgan fingerprint density at radius 1 is 1.22 bits per heavy atom. The SMILES string of the molecule is CC(C)CC(C)N(C)C(=O)NC(C)CCC(=O)O. The number of aliphatic carboxylic acids is 1. The second-order valence-corrected chi connectivity index (χ2v) is 5.37. The second kappa shape index (κ2) is 7.95. The summed E-state index contributed by atoms with van der Waals surface area (Å²) >= 11 is 0. The van der Waals surface area contributed by atoms with Gasteiger partial charge in [0, 0.05) is 25.6 Å².